The van der Waals surface area contributed by atoms with Crippen LogP contribution >= 0.6 is 0 Å². The van der Waals surface area contributed by atoms with Gasteiger partial charge in [-0.3, -0.25) is 9.89 Å². The maximum Gasteiger partial charge on any atom is 0.245 e. The fraction of sp³-hybridized carbons (Fsp3) is 0.158. The summed E-state index contributed by atoms with van der Waals surface area (Å²) in [5.41, 5.74) is 9.33. The number of aromatic nitrogens is 2. The molecule has 0 radical (unpaired) electrons. The van der Waals surface area contributed by atoms with Crippen molar-refractivity contribution in [2.45, 2.75) is 18.8 Å². The van der Waals surface area contributed by atoms with Gasteiger partial charge in [-0.05, 0) is 47.7 Å². The minimum atomic E-state index is -0.513. The lowest BCUT2D eigenvalue weighted by molar-refractivity contribution is -0.114. The van der Waals surface area contributed by atoms with Crippen LogP contribution in [0.3, 0.4) is 0 Å². The number of carbonyl (C=O) groups excluding carboxylic acids is 1. The molecule has 0 bridgehead atoms. The molecule has 1 atom stereocenters. The Bertz CT molecular complexity index is 974. The van der Waals surface area contributed by atoms with Crippen LogP contribution in [0.15, 0.2) is 48.2 Å². The van der Waals surface area contributed by atoms with Gasteiger partial charge in [-0.1, -0.05) is 24.3 Å². The van der Waals surface area contributed by atoms with Crippen molar-refractivity contribution in [3.63, 3.8) is 0 Å². The van der Waals surface area contributed by atoms with Gasteiger partial charge in [0.2, 0.25) is 5.91 Å². The number of nitrogens with one attached hydrogen (secondary N) is 1. The van der Waals surface area contributed by atoms with Crippen molar-refractivity contribution in [1.29, 1.82) is 0 Å². The summed E-state index contributed by atoms with van der Waals surface area (Å²) in [6, 6.07) is 10.8. The molecule has 0 spiro atoms. The third-order valence-electron chi connectivity index (χ3n) is 4.64. The fourth-order valence-corrected chi connectivity index (χ4v) is 3.51. The van der Waals surface area contributed by atoms with Gasteiger partial charge in [-0.15, -0.1) is 0 Å². The zero-order valence-corrected chi connectivity index (χ0v) is 12.9. The monoisotopic (exact) mass is 321 g/mol. The number of hydrogen-bond donors (Lipinski definition) is 2. The molecule has 5 heteroatoms. The summed E-state index contributed by atoms with van der Waals surface area (Å²) in [4.78, 5) is 12.0. The molecule has 1 amide bonds. The molecule has 24 heavy (non-hydrogen) atoms. The number of aryl methyl sites for hydroxylation is 1. The standard InChI is InChI=1S/C19H16FN3O/c20-16-3-1-2-12-6-7-14(18(12)16)15(19(21)24)8-11-4-5-13-10-22-23-17(13)9-11/h1-5,8-10,14H,6-7H2,(H2,21,24)(H,22,23). The summed E-state index contributed by atoms with van der Waals surface area (Å²) in [6.07, 6.45) is 4.94. The molecule has 1 aliphatic carbocycles. The molecule has 3 aromatic rings. The van der Waals surface area contributed by atoms with Crippen molar-refractivity contribution >= 4 is 22.9 Å². The number of fused-ring (bicyclic) bond motifs is 2. The van der Waals surface area contributed by atoms with E-state index in [4.69, 9.17) is 5.73 Å². The van der Waals surface area contributed by atoms with Crippen LogP contribution in [0.25, 0.3) is 17.0 Å². The highest BCUT2D eigenvalue weighted by atomic mass is 19.1. The SMILES string of the molecule is NC(=O)C(=Cc1ccc2cn[nH]c2c1)C1CCc2cccc(F)c21. The van der Waals surface area contributed by atoms with Gasteiger partial charge in [0.05, 0.1) is 11.7 Å². The minimum Gasteiger partial charge on any atom is -0.366 e. The second kappa shape index (κ2) is 5.60. The molecule has 1 aliphatic rings. The van der Waals surface area contributed by atoms with Crippen LogP contribution in [-0.2, 0) is 11.2 Å². The first-order valence-electron chi connectivity index (χ1n) is 7.85. The first-order chi connectivity index (χ1) is 11.6. The summed E-state index contributed by atoms with van der Waals surface area (Å²) in [5, 5.41) is 7.88. The zero-order valence-electron chi connectivity index (χ0n) is 12.9. The third-order valence-corrected chi connectivity index (χ3v) is 4.64. The van der Waals surface area contributed by atoms with E-state index in [-0.39, 0.29) is 11.7 Å². The average Bonchev–Trinajstić information content (AvgIpc) is 3.19. The molecular formula is C19H16FN3O. The summed E-state index contributed by atoms with van der Waals surface area (Å²) in [5.74, 6) is -1.08. The predicted molar refractivity (Wildman–Crippen MR) is 90.7 cm³/mol. The van der Waals surface area contributed by atoms with Crippen LogP contribution in [0, 0.1) is 5.82 Å². The van der Waals surface area contributed by atoms with E-state index in [9.17, 15) is 9.18 Å². The highest BCUT2D eigenvalue weighted by molar-refractivity contribution is 5.99. The van der Waals surface area contributed by atoms with Crippen molar-refractivity contribution in [3.8, 4) is 0 Å². The average molecular weight is 321 g/mol. The Hall–Kier alpha value is -2.95. The predicted octanol–water partition coefficient (Wildman–Crippen LogP) is 3.30. The molecule has 1 unspecified atom stereocenters. The summed E-state index contributed by atoms with van der Waals surface area (Å²) in [7, 11) is 0. The van der Waals surface area contributed by atoms with E-state index in [1.54, 1.807) is 18.3 Å². The number of amides is 1. The number of benzene rings is 2. The number of rotatable bonds is 3. The Balaban J connectivity index is 1.80. The molecule has 1 heterocycles. The topological polar surface area (TPSA) is 71.8 Å². The van der Waals surface area contributed by atoms with E-state index in [0.29, 0.717) is 17.6 Å². The summed E-state index contributed by atoms with van der Waals surface area (Å²) >= 11 is 0. The van der Waals surface area contributed by atoms with Gasteiger partial charge in [0.15, 0.2) is 0 Å². The molecule has 0 saturated carbocycles. The molecule has 0 aliphatic heterocycles. The van der Waals surface area contributed by atoms with Crippen molar-refractivity contribution in [2.24, 2.45) is 5.73 Å². The lowest BCUT2D eigenvalue weighted by Crippen LogP contribution is -2.19. The fourth-order valence-electron chi connectivity index (χ4n) is 3.51. The molecular weight excluding hydrogens is 305 g/mol. The molecule has 1 aromatic heterocycles. The number of hydrogen-bond acceptors (Lipinski definition) is 2. The Kier molecular flexibility index (Phi) is 3.41. The number of nitrogens with zero attached hydrogens (tertiary/aromatic N) is 1. The molecule has 120 valence electrons. The van der Waals surface area contributed by atoms with Crippen LogP contribution in [0.2, 0.25) is 0 Å². The maximum absolute atomic E-state index is 14.3. The smallest absolute Gasteiger partial charge is 0.245 e. The summed E-state index contributed by atoms with van der Waals surface area (Å²) < 4.78 is 14.3. The van der Waals surface area contributed by atoms with Gasteiger partial charge < -0.3 is 5.73 Å². The third kappa shape index (κ3) is 2.38. The van der Waals surface area contributed by atoms with Gasteiger partial charge in [0.25, 0.3) is 0 Å². The van der Waals surface area contributed by atoms with Gasteiger partial charge in [-0.25, -0.2) is 4.39 Å². The van der Waals surface area contributed by atoms with Crippen LogP contribution in [0.4, 0.5) is 4.39 Å². The van der Waals surface area contributed by atoms with Crippen LogP contribution in [0.1, 0.15) is 29.0 Å². The highest BCUT2D eigenvalue weighted by Crippen LogP contribution is 2.40. The van der Waals surface area contributed by atoms with Gasteiger partial charge in [0, 0.05) is 16.9 Å². The highest BCUT2D eigenvalue weighted by Gasteiger charge is 2.30. The second-order valence-electron chi connectivity index (χ2n) is 6.08. The maximum atomic E-state index is 14.3. The van der Waals surface area contributed by atoms with Crippen molar-refractivity contribution < 1.29 is 9.18 Å². The number of aromatic amines is 1. The molecule has 0 saturated heterocycles. The van der Waals surface area contributed by atoms with Crippen LogP contribution in [0.5, 0.6) is 0 Å². The van der Waals surface area contributed by atoms with E-state index in [0.717, 1.165) is 28.5 Å². The first-order valence-corrected chi connectivity index (χ1v) is 7.85. The lowest BCUT2D eigenvalue weighted by atomic mass is 9.90. The van der Waals surface area contributed by atoms with E-state index in [2.05, 4.69) is 10.2 Å². The van der Waals surface area contributed by atoms with Crippen molar-refractivity contribution in [3.05, 3.63) is 70.7 Å². The summed E-state index contributed by atoms with van der Waals surface area (Å²) in [6.45, 7) is 0. The van der Waals surface area contributed by atoms with Crippen molar-refractivity contribution in [2.75, 3.05) is 0 Å². The van der Waals surface area contributed by atoms with Crippen molar-refractivity contribution in [1.82, 2.24) is 10.2 Å². The largest absolute Gasteiger partial charge is 0.366 e. The zero-order chi connectivity index (χ0) is 16.7. The van der Waals surface area contributed by atoms with Crippen LogP contribution < -0.4 is 5.73 Å². The van der Waals surface area contributed by atoms with E-state index >= 15 is 0 Å². The normalized spacial score (nSPS) is 17.2. The van der Waals surface area contributed by atoms with Gasteiger partial charge in [0.1, 0.15) is 5.82 Å². The first kappa shape index (κ1) is 14.6. The Morgan fingerprint density at radius 1 is 1.33 bits per heavy atom. The number of carbonyl (C=O) groups is 1. The molecule has 4 nitrogen and oxygen atoms in total. The van der Waals surface area contributed by atoms with E-state index in [1.165, 1.54) is 6.07 Å². The molecule has 3 N–H and O–H groups in total. The quantitative estimate of drug-likeness (QED) is 0.727. The number of nitrogens with two attached hydrogens (primary N) is 1. The van der Waals surface area contributed by atoms with Crippen LogP contribution in [-0.4, -0.2) is 16.1 Å². The molecule has 4 rings (SSSR count). The van der Waals surface area contributed by atoms with Gasteiger partial charge in [-0.2, -0.15) is 5.10 Å². The van der Waals surface area contributed by atoms with Gasteiger partial charge >= 0.3 is 0 Å². The lowest BCUT2D eigenvalue weighted by Gasteiger charge is -2.14. The minimum absolute atomic E-state index is 0.272. The molecule has 2 aromatic carbocycles. The second-order valence-corrected chi connectivity index (χ2v) is 6.08. The Labute approximate surface area is 138 Å². The van der Waals surface area contributed by atoms with E-state index < -0.39 is 5.91 Å². The molecule has 0 fully saturated rings. The Morgan fingerprint density at radius 2 is 2.21 bits per heavy atom. The van der Waals surface area contributed by atoms with E-state index in [1.807, 2.05) is 24.3 Å². The number of halogens is 1. The number of H-pyrrole nitrogens is 1. The number of primary amides is 1. The Morgan fingerprint density at radius 3 is 3.04 bits per heavy atom.